The Kier molecular flexibility index (Phi) is 6.79. The second-order valence-corrected chi connectivity index (χ2v) is 12.0. The zero-order valence-electron chi connectivity index (χ0n) is 20.3. The molecule has 1 fully saturated rings. The summed E-state index contributed by atoms with van der Waals surface area (Å²) < 4.78 is 28.5. The Labute approximate surface area is 215 Å². The van der Waals surface area contributed by atoms with Crippen molar-refractivity contribution in [1.82, 2.24) is 14.2 Å². The third-order valence-electron chi connectivity index (χ3n) is 6.50. The highest BCUT2D eigenvalue weighted by Gasteiger charge is 2.25. The number of hydrogen-bond donors (Lipinski definition) is 0. The second kappa shape index (κ2) is 10.0. The Balaban J connectivity index is 1.22. The Morgan fingerprint density at radius 3 is 2.31 bits per heavy atom. The monoisotopic (exact) mass is 520 g/mol. The minimum absolute atomic E-state index is 0.0867. The normalized spacial score (nSPS) is 14.5. The quantitative estimate of drug-likeness (QED) is 0.377. The Morgan fingerprint density at radius 2 is 1.64 bits per heavy atom. The van der Waals surface area contributed by atoms with E-state index in [2.05, 4.69) is 24.0 Å². The second-order valence-electron chi connectivity index (χ2n) is 8.97. The summed E-state index contributed by atoms with van der Waals surface area (Å²) in [6.07, 6.45) is 0. The number of carbonyl (C=O) groups is 1. The van der Waals surface area contributed by atoms with E-state index < -0.39 is 10.0 Å². The number of carbonyl (C=O) groups excluding carboxylic acids is 1. The van der Waals surface area contributed by atoms with E-state index in [0.717, 1.165) is 16.2 Å². The van der Waals surface area contributed by atoms with E-state index >= 15 is 0 Å². The van der Waals surface area contributed by atoms with E-state index in [4.69, 9.17) is 4.98 Å². The first kappa shape index (κ1) is 24.4. The lowest BCUT2D eigenvalue weighted by Crippen LogP contribution is -2.48. The third kappa shape index (κ3) is 4.86. The maximum Gasteiger partial charge on any atom is 0.253 e. The van der Waals surface area contributed by atoms with Crippen LogP contribution >= 0.6 is 11.3 Å². The van der Waals surface area contributed by atoms with Gasteiger partial charge in [-0.25, -0.2) is 13.4 Å². The van der Waals surface area contributed by atoms with Gasteiger partial charge >= 0.3 is 0 Å². The molecule has 1 aromatic heterocycles. The molecule has 0 radical (unpaired) electrons. The molecule has 1 amide bonds. The number of fused-ring (bicyclic) bond motifs is 1. The molecule has 5 rings (SSSR count). The molecule has 4 aromatic rings. The molecular formula is C27H28N4O3S2. The molecule has 0 saturated carbocycles. The van der Waals surface area contributed by atoms with Crippen LogP contribution in [0.4, 0.5) is 5.13 Å². The van der Waals surface area contributed by atoms with Crippen molar-refractivity contribution >= 4 is 42.6 Å². The molecule has 3 aromatic carbocycles. The lowest BCUT2D eigenvalue weighted by atomic mass is 10.2. The van der Waals surface area contributed by atoms with Crippen molar-refractivity contribution in [3.05, 3.63) is 89.5 Å². The zero-order chi connectivity index (χ0) is 25.3. The lowest BCUT2D eigenvalue weighted by molar-refractivity contribution is 0.0746. The van der Waals surface area contributed by atoms with E-state index in [0.29, 0.717) is 31.7 Å². The summed E-state index contributed by atoms with van der Waals surface area (Å²) in [6, 6.07) is 21.9. The number of sulfonamides is 1. The highest BCUT2D eigenvalue weighted by molar-refractivity contribution is 7.89. The van der Waals surface area contributed by atoms with Crippen LogP contribution in [0.1, 0.15) is 21.5 Å². The predicted molar refractivity (Wildman–Crippen MR) is 144 cm³/mol. The molecule has 0 atom stereocenters. The molecule has 0 aliphatic carbocycles. The van der Waals surface area contributed by atoms with Crippen molar-refractivity contribution in [3.8, 4) is 0 Å². The van der Waals surface area contributed by atoms with Crippen molar-refractivity contribution in [2.24, 2.45) is 0 Å². The first-order valence-electron chi connectivity index (χ1n) is 11.8. The molecule has 9 heteroatoms. The number of aromatic nitrogens is 1. The van der Waals surface area contributed by atoms with Gasteiger partial charge < -0.3 is 9.80 Å². The summed E-state index contributed by atoms with van der Waals surface area (Å²) in [5.74, 6) is -0.0867. The topological polar surface area (TPSA) is 73.8 Å². The van der Waals surface area contributed by atoms with Crippen molar-refractivity contribution < 1.29 is 13.2 Å². The van der Waals surface area contributed by atoms with Gasteiger partial charge in [-0.15, -0.1) is 0 Å². The Hall–Kier alpha value is -3.27. The van der Waals surface area contributed by atoms with Gasteiger partial charge in [0.05, 0.1) is 15.1 Å². The fourth-order valence-corrected chi connectivity index (χ4v) is 6.62. The molecular weight excluding hydrogens is 492 g/mol. The van der Waals surface area contributed by atoms with Crippen LogP contribution in [0.15, 0.2) is 77.7 Å². The van der Waals surface area contributed by atoms with Gasteiger partial charge in [-0.05, 0) is 48.4 Å². The SMILES string of the molecule is Cc1cccc2sc(N3CCN(C(=O)c4ccc(S(=O)(=O)N(C)Cc5ccccc5)cc4)CC3)nc12. The number of anilines is 1. The minimum atomic E-state index is -3.66. The van der Waals surface area contributed by atoms with E-state index in [1.54, 1.807) is 30.5 Å². The largest absolute Gasteiger partial charge is 0.345 e. The molecule has 2 heterocycles. The number of rotatable bonds is 6. The smallest absolute Gasteiger partial charge is 0.253 e. The fourth-order valence-electron chi connectivity index (χ4n) is 4.37. The molecule has 186 valence electrons. The van der Waals surface area contributed by atoms with Gasteiger partial charge in [0.15, 0.2) is 5.13 Å². The zero-order valence-corrected chi connectivity index (χ0v) is 21.9. The van der Waals surface area contributed by atoms with Gasteiger partial charge in [-0.1, -0.05) is 53.8 Å². The van der Waals surface area contributed by atoms with Crippen molar-refractivity contribution in [2.75, 3.05) is 38.1 Å². The van der Waals surface area contributed by atoms with Gasteiger partial charge in [0, 0.05) is 45.3 Å². The van der Waals surface area contributed by atoms with E-state index in [1.807, 2.05) is 41.3 Å². The number of aryl methyl sites for hydroxylation is 1. The van der Waals surface area contributed by atoms with Crippen LogP contribution in [0.3, 0.4) is 0 Å². The van der Waals surface area contributed by atoms with Crippen LogP contribution in [-0.2, 0) is 16.6 Å². The van der Waals surface area contributed by atoms with Gasteiger partial charge in [-0.2, -0.15) is 4.31 Å². The molecule has 7 nitrogen and oxygen atoms in total. The minimum Gasteiger partial charge on any atom is -0.345 e. The Bertz CT molecular complexity index is 1480. The Morgan fingerprint density at radius 1 is 0.944 bits per heavy atom. The van der Waals surface area contributed by atoms with Crippen LogP contribution in [0.5, 0.6) is 0 Å². The number of para-hydroxylation sites is 1. The van der Waals surface area contributed by atoms with Crippen LogP contribution in [-0.4, -0.2) is 61.7 Å². The molecule has 0 unspecified atom stereocenters. The average Bonchev–Trinajstić information content (AvgIpc) is 3.35. The molecule has 0 spiro atoms. The average molecular weight is 521 g/mol. The standard InChI is InChI=1S/C27H28N4O3S2/c1-20-7-6-10-24-25(20)28-27(35-24)31-17-15-30(16-18-31)26(32)22-11-13-23(14-12-22)36(33,34)29(2)19-21-8-4-3-5-9-21/h3-14H,15-19H2,1-2H3. The van der Waals surface area contributed by atoms with Crippen LogP contribution in [0.2, 0.25) is 0 Å². The van der Waals surface area contributed by atoms with Gasteiger partial charge in [-0.3, -0.25) is 4.79 Å². The summed E-state index contributed by atoms with van der Waals surface area (Å²) >= 11 is 1.68. The lowest BCUT2D eigenvalue weighted by Gasteiger charge is -2.34. The maximum absolute atomic E-state index is 13.1. The summed E-state index contributed by atoms with van der Waals surface area (Å²) in [5.41, 5.74) is 3.61. The first-order chi connectivity index (χ1) is 17.3. The highest BCUT2D eigenvalue weighted by atomic mass is 32.2. The first-order valence-corrected chi connectivity index (χ1v) is 14.1. The summed E-state index contributed by atoms with van der Waals surface area (Å²) in [6.45, 7) is 4.95. The van der Waals surface area contributed by atoms with Crippen LogP contribution in [0, 0.1) is 6.92 Å². The molecule has 1 saturated heterocycles. The molecule has 0 bridgehead atoms. The van der Waals surface area contributed by atoms with Crippen molar-refractivity contribution in [2.45, 2.75) is 18.4 Å². The molecule has 36 heavy (non-hydrogen) atoms. The van der Waals surface area contributed by atoms with Crippen LogP contribution in [0.25, 0.3) is 10.2 Å². The van der Waals surface area contributed by atoms with E-state index in [9.17, 15) is 13.2 Å². The predicted octanol–water partition coefficient (Wildman–Crippen LogP) is 4.39. The van der Waals surface area contributed by atoms with Gasteiger partial charge in [0.1, 0.15) is 0 Å². The summed E-state index contributed by atoms with van der Waals surface area (Å²) in [5, 5.41) is 0.987. The molecule has 0 N–H and O–H groups in total. The van der Waals surface area contributed by atoms with Crippen molar-refractivity contribution in [1.29, 1.82) is 0 Å². The number of hydrogen-bond acceptors (Lipinski definition) is 6. The third-order valence-corrected chi connectivity index (χ3v) is 9.40. The van der Waals surface area contributed by atoms with Crippen molar-refractivity contribution in [3.63, 3.8) is 0 Å². The van der Waals surface area contributed by atoms with E-state index in [1.165, 1.54) is 26.7 Å². The molecule has 1 aliphatic heterocycles. The number of amides is 1. The summed E-state index contributed by atoms with van der Waals surface area (Å²) in [4.78, 5) is 22.1. The summed E-state index contributed by atoms with van der Waals surface area (Å²) in [7, 11) is -2.10. The number of piperazine rings is 1. The highest BCUT2D eigenvalue weighted by Crippen LogP contribution is 2.31. The van der Waals surface area contributed by atoms with Gasteiger partial charge in [0.25, 0.3) is 5.91 Å². The fraction of sp³-hybridized carbons (Fsp3) is 0.259. The number of nitrogens with zero attached hydrogens (tertiary/aromatic N) is 4. The van der Waals surface area contributed by atoms with Gasteiger partial charge in [0.2, 0.25) is 10.0 Å². The van der Waals surface area contributed by atoms with E-state index in [-0.39, 0.29) is 17.3 Å². The number of thiazole rings is 1. The maximum atomic E-state index is 13.1. The van der Waals surface area contributed by atoms with Crippen LogP contribution < -0.4 is 4.90 Å². The number of benzene rings is 3. The molecule has 1 aliphatic rings.